The van der Waals surface area contributed by atoms with Crippen LogP contribution >= 0.6 is 0 Å². The standard InChI is InChI=1S/C23H24N6O2/c1-14(2)23(30)29-10-8-15(9-11-29)16-4-3-5-17(12-16)21-19-13-18(22-24-27-28-25-22)6-7-20(19)26-31-21/h3-7,12-15H,8-11H2,1-2H3,(H,24,25,27,28). The number of fused-ring (bicyclic) bond motifs is 1. The highest BCUT2D eigenvalue weighted by Crippen LogP contribution is 2.35. The third-order valence-corrected chi connectivity index (χ3v) is 6.02. The van der Waals surface area contributed by atoms with Gasteiger partial charge in [-0.2, -0.15) is 0 Å². The summed E-state index contributed by atoms with van der Waals surface area (Å²) in [4.78, 5) is 14.3. The molecule has 0 aliphatic carbocycles. The zero-order valence-electron chi connectivity index (χ0n) is 17.6. The fourth-order valence-electron chi connectivity index (χ4n) is 4.31. The molecule has 1 saturated heterocycles. The van der Waals surface area contributed by atoms with Gasteiger partial charge in [0.1, 0.15) is 5.52 Å². The number of likely N-dealkylation sites (tertiary alicyclic amines) is 1. The summed E-state index contributed by atoms with van der Waals surface area (Å²) in [5, 5.41) is 19.2. The highest BCUT2D eigenvalue weighted by atomic mass is 16.5. The number of rotatable bonds is 4. The van der Waals surface area contributed by atoms with E-state index in [4.69, 9.17) is 4.52 Å². The lowest BCUT2D eigenvalue weighted by Gasteiger charge is -2.33. The van der Waals surface area contributed by atoms with Crippen molar-refractivity contribution < 1.29 is 9.32 Å². The summed E-state index contributed by atoms with van der Waals surface area (Å²) in [6, 6.07) is 14.3. The second kappa shape index (κ2) is 7.94. The van der Waals surface area contributed by atoms with Crippen molar-refractivity contribution in [3.63, 3.8) is 0 Å². The Bertz CT molecular complexity index is 1210. The number of piperidine rings is 1. The first-order valence-electron chi connectivity index (χ1n) is 10.6. The number of carbonyl (C=O) groups excluding carboxylic acids is 1. The molecular weight excluding hydrogens is 392 g/mol. The molecule has 5 rings (SSSR count). The maximum atomic E-state index is 12.3. The first-order valence-corrected chi connectivity index (χ1v) is 10.6. The molecule has 3 heterocycles. The molecule has 31 heavy (non-hydrogen) atoms. The van der Waals surface area contributed by atoms with E-state index in [9.17, 15) is 4.79 Å². The molecule has 1 amide bonds. The summed E-state index contributed by atoms with van der Waals surface area (Å²) in [5.74, 6) is 2.07. The number of amides is 1. The van der Waals surface area contributed by atoms with E-state index in [0.29, 0.717) is 11.7 Å². The van der Waals surface area contributed by atoms with Gasteiger partial charge in [0.15, 0.2) is 11.6 Å². The van der Waals surface area contributed by atoms with Crippen molar-refractivity contribution in [2.45, 2.75) is 32.6 Å². The van der Waals surface area contributed by atoms with Crippen molar-refractivity contribution in [1.29, 1.82) is 0 Å². The first kappa shape index (κ1) is 19.4. The van der Waals surface area contributed by atoms with Crippen molar-refractivity contribution in [2.75, 3.05) is 13.1 Å². The molecule has 4 aromatic rings. The van der Waals surface area contributed by atoms with E-state index in [-0.39, 0.29) is 11.8 Å². The number of nitrogens with one attached hydrogen (secondary N) is 1. The molecule has 1 N–H and O–H groups in total. The molecular formula is C23H24N6O2. The maximum absolute atomic E-state index is 12.3. The SMILES string of the molecule is CC(C)C(=O)N1CCC(c2cccc(-c3onc4ccc(-c5nnn[nH]5)cc34)c2)CC1. The van der Waals surface area contributed by atoms with E-state index >= 15 is 0 Å². The molecule has 8 nitrogen and oxygen atoms in total. The third kappa shape index (κ3) is 3.69. The minimum Gasteiger partial charge on any atom is -0.355 e. The minimum absolute atomic E-state index is 0.0530. The number of hydrogen-bond acceptors (Lipinski definition) is 6. The van der Waals surface area contributed by atoms with Gasteiger partial charge in [0.2, 0.25) is 5.91 Å². The normalized spacial score (nSPS) is 15.1. The second-order valence-corrected chi connectivity index (χ2v) is 8.37. The van der Waals surface area contributed by atoms with Gasteiger partial charge in [-0.3, -0.25) is 4.79 Å². The Kier molecular flexibility index (Phi) is 4.97. The number of H-pyrrole nitrogens is 1. The van der Waals surface area contributed by atoms with Crippen LogP contribution in [-0.4, -0.2) is 49.7 Å². The predicted molar refractivity (Wildman–Crippen MR) is 116 cm³/mol. The third-order valence-electron chi connectivity index (χ3n) is 6.02. The van der Waals surface area contributed by atoms with E-state index in [0.717, 1.165) is 53.7 Å². The van der Waals surface area contributed by atoms with Gasteiger partial charge < -0.3 is 9.42 Å². The number of tetrazole rings is 1. The van der Waals surface area contributed by atoms with Gasteiger partial charge in [-0.25, -0.2) is 5.10 Å². The molecule has 1 fully saturated rings. The lowest BCUT2D eigenvalue weighted by molar-refractivity contribution is -0.135. The molecule has 0 radical (unpaired) electrons. The predicted octanol–water partition coefficient (Wildman–Crippen LogP) is 4.04. The monoisotopic (exact) mass is 416 g/mol. The number of nitrogens with zero attached hydrogens (tertiary/aromatic N) is 5. The van der Waals surface area contributed by atoms with E-state index in [2.05, 4.69) is 44.0 Å². The summed E-state index contributed by atoms with van der Waals surface area (Å²) in [6.07, 6.45) is 1.95. The lowest BCUT2D eigenvalue weighted by Crippen LogP contribution is -2.40. The van der Waals surface area contributed by atoms with Crippen LogP contribution in [0.4, 0.5) is 0 Å². The van der Waals surface area contributed by atoms with E-state index < -0.39 is 0 Å². The number of hydrogen-bond donors (Lipinski definition) is 1. The highest BCUT2D eigenvalue weighted by Gasteiger charge is 2.25. The molecule has 158 valence electrons. The van der Waals surface area contributed by atoms with Crippen LogP contribution in [0.2, 0.25) is 0 Å². The summed E-state index contributed by atoms with van der Waals surface area (Å²) in [5.41, 5.74) is 3.93. The maximum Gasteiger partial charge on any atom is 0.225 e. The molecule has 1 aliphatic rings. The summed E-state index contributed by atoms with van der Waals surface area (Å²) in [6.45, 7) is 5.55. The highest BCUT2D eigenvalue weighted by molar-refractivity contribution is 5.94. The average Bonchev–Trinajstić information content (AvgIpc) is 3.48. The zero-order chi connectivity index (χ0) is 21.4. The first-order chi connectivity index (χ1) is 15.1. The Hall–Kier alpha value is -3.55. The lowest BCUT2D eigenvalue weighted by atomic mass is 9.88. The fraction of sp³-hybridized carbons (Fsp3) is 0.348. The fourth-order valence-corrected chi connectivity index (χ4v) is 4.31. The molecule has 2 aromatic carbocycles. The van der Waals surface area contributed by atoms with Gasteiger partial charge in [-0.1, -0.05) is 37.2 Å². The summed E-state index contributed by atoms with van der Waals surface area (Å²) < 4.78 is 5.73. The molecule has 0 bridgehead atoms. The van der Waals surface area contributed by atoms with Crippen molar-refractivity contribution in [1.82, 2.24) is 30.7 Å². The van der Waals surface area contributed by atoms with Gasteiger partial charge in [-0.15, -0.1) is 5.10 Å². The van der Waals surface area contributed by atoms with E-state index in [1.807, 2.05) is 43.0 Å². The number of benzene rings is 2. The van der Waals surface area contributed by atoms with Gasteiger partial charge in [-0.05, 0) is 59.0 Å². The van der Waals surface area contributed by atoms with E-state index in [1.165, 1.54) is 5.56 Å². The van der Waals surface area contributed by atoms with Crippen LogP contribution in [0.25, 0.3) is 33.6 Å². The Morgan fingerprint density at radius 3 is 2.71 bits per heavy atom. The smallest absolute Gasteiger partial charge is 0.225 e. The van der Waals surface area contributed by atoms with Crippen LogP contribution in [0.3, 0.4) is 0 Å². The van der Waals surface area contributed by atoms with Crippen molar-refractivity contribution in [3.05, 3.63) is 48.0 Å². The van der Waals surface area contributed by atoms with E-state index in [1.54, 1.807) is 0 Å². The quantitative estimate of drug-likeness (QED) is 0.539. The van der Waals surface area contributed by atoms with Crippen LogP contribution in [0.5, 0.6) is 0 Å². The summed E-state index contributed by atoms with van der Waals surface area (Å²) in [7, 11) is 0. The molecule has 0 unspecified atom stereocenters. The van der Waals surface area contributed by atoms with Crippen molar-refractivity contribution >= 4 is 16.8 Å². The molecule has 8 heteroatoms. The molecule has 0 spiro atoms. The van der Waals surface area contributed by atoms with Crippen LogP contribution in [0.1, 0.15) is 38.2 Å². The van der Waals surface area contributed by atoms with Crippen LogP contribution < -0.4 is 0 Å². The topological polar surface area (TPSA) is 101 Å². The van der Waals surface area contributed by atoms with Crippen molar-refractivity contribution in [2.24, 2.45) is 5.92 Å². The second-order valence-electron chi connectivity index (χ2n) is 8.37. The molecule has 0 atom stereocenters. The number of aromatic nitrogens is 5. The van der Waals surface area contributed by atoms with Crippen LogP contribution in [0.15, 0.2) is 47.0 Å². The van der Waals surface area contributed by atoms with Gasteiger partial charge in [0.25, 0.3) is 0 Å². The average molecular weight is 416 g/mol. The largest absolute Gasteiger partial charge is 0.355 e. The molecule has 0 saturated carbocycles. The molecule has 2 aromatic heterocycles. The molecule has 1 aliphatic heterocycles. The number of carbonyl (C=O) groups is 1. The number of aromatic amines is 1. The Morgan fingerprint density at radius 1 is 1.13 bits per heavy atom. The Labute approximate surface area is 179 Å². The van der Waals surface area contributed by atoms with Gasteiger partial charge in [0, 0.05) is 30.1 Å². The van der Waals surface area contributed by atoms with Crippen LogP contribution in [-0.2, 0) is 4.79 Å². The van der Waals surface area contributed by atoms with Gasteiger partial charge >= 0.3 is 0 Å². The zero-order valence-corrected chi connectivity index (χ0v) is 17.6. The Morgan fingerprint density at radius 2 is 1.97 bits per heavy atom. The van der Waals surface area contributed by atoms with Gasteiger partial charge in [0.05, 0.1) is 5.39 Å². The summed E-state index contributed by atoms with van der Waals surface area (Å²) >= 11 is 0. The Balaban J connectivity index is 1.41. The van der Waals surface area contributed by atoms with Crippen LogP contribution in [0, 0.1) is 5.92 Å². The van der Waals surface area contributed by atoms with Crippen molar-refractivity contribution in [3.8, 4) is 22.7 Å². The minimum atomic E-state index is 0.0530.